The Hall–Kier alpha value is -2.24. The molecule has 3 fully saturated rings. The summed E-state index contributed by atoms with van der Waals surface area (Å²) in [4.78, 5) is 27.3. The first-order valence-corrected chi connectivity index (χ1v) is 10.7. The number of carbonyl (C=O) groups is 2. The van der Waals surface area contributed by atoms with Gasteiger partial charge < -0.3 is 10.2 Å². The molecule has 6 heteroatoms. The van der Waals surface area contributed by atoms with Crippen molar-refractivity contribution in [2.24, 2.45) is 29.6 Å². The van der Waals surface area contributed by atoms with E-state index in [-0.39, 0.29) is 47.6 Å². The number of benzene rings is 1. The minimum Gasteiger partial charge on any atom is -0.352 e. The van der Waals surface area contributed by atoms with Gasteiger partial charge in [-0.3, -0.25) is 9.59 Å². The molecular formula is C23H26F2N2O2. The van der Waals surface area contributed by atoms with Crippen molar-refractivity contribution in [1.29, 1.82) is 0 Å². The predicted molar refractivity (Wildman–Crippen MR) is 104 cm³/mol. The molecule has 1 unspecified atom stereocenters. The third-order valence-corrected chi connectivity index (χ3v) is 7.48. The van der Waals surface area contributed by atoms with E-state index in [0.717, 1.165) is 31.7 Å². The molecule has 1 N–H and O–H groups in total. The molecule has 29 heavy (non-hydrogen) atoms. The summed E-state index contributed by atoms with van der Waals surface area (Å²) in [5, 5.41) is 3.31. The molecule has 0 radical (unpaired) electrons. The van der Waals surface area contributed by atoms with E-state index in [1.165, 1.54) is 12.1 Å². The maximum atomic E-state index is 13.9. The number of rotatable bonds is 4. The highest BCUT2D eigenvalue weighted by molar-refractivity contribution is 5.81. The molecule has 1 heterocycles. The van der Waals surface area contributed by atoms with Gasteiger partial charge in [-0.15, -0.1) is 0 Å². The fraction of sp³-hybridized carbons (Fsp3) is 0.565. The number of nitrogens with one attached hydrogen (secondary N) is 1. The van der Waals surface area contributed by atoms with E-state index in [2.05, 4.69) is 17.5 Å². The zero-order valence-corrected chi connectivity index (χ0v) is 16.3. The molecule has 6 atom stereocenters. The largest absolute Gasteiger partial charge is 0.352 e. The maximum Gasteiger partial charge on any atom is 0.227 e. The lowest BCUT2D eigenvalue weighted by molar-refractivity contribution is -0.133. The highest BCUT2D eigenvalue weighted by atomic mass is 19.2. The van der Waals surface area contributed by atoms with Crippen LogP contribution >= 0.6 is 0 Å². The molecule has 5 rings (SSSR count). The summed E-state index contributed by atoms with van der Waals surface area (Å²) in [7, 11) is 0. The summed E-state index contributed by atoms with van der Waals surface area (Å²) < 4.78 is 27.3. The zero-order chi connectivity index (χ0) is 20.1. The van der Waals surface area contributed by atoms with Crippen LogP contribution in [0.5, 0.6) is 0 Å². The minimum absolute atomic E-state index is 0.0972. The Kier molecular flexibility index (Phi) is 4.67. The topological polar surface area (TPSA) is 49.4 Å². The third-order valence-electron chi connectivity index (χ3n) is 7.48. The Balaban J connectivity index is 1.21. The lowest BCUT2D eigenvalue weighted by atomic mass is 9.88. The van der Waals surface area contributed by atoms with E-state index in [9.17, 15) is 18.4 Å². The molecule has 1 saturated heterocycles. The van der Waals surface area contributed by atoms with Crippen molar-refractivity contribution in [2.75, 3.05) is 13.1 Å². The molecule has 4 nitrogen and oxygen atoms in total. The average molecular weight is 400 g/mol. The number of fused-ring (bicyclic) bond motifs is 4. The summed E-state index contributed by atoms with van der Waals surface area (Å²) in [5.41, 5.74) is 0.0992. The number of amides is 2. The molecule has 3 aliphatic carbocycles. The number of likely N-dealkylation sites (tertiary alicyclic amines) is 1. The van der Waals surface area contributed by atoms with Crippen LogP contribution in [0.2, 0.25) is 0 Å². The second-order valence-corrected chi connectivity index (χ2v) is 9.21. The molecule has 2 amide bonds. The first-order chi connectivity index (χ1) is 14.0. The quantitative estimate of drug-likeness (QED) is 0.790. The number of carbonyl (C=O) groups excluding carboxylic acids is 2. The molecule has 4 bridgehead atoms. The van der Waals surface area contributed by atoms with Gasteiger partial charge in [-0.05, 0) is 55.4 Å². The minimum atomic E-state index is -0.939. The first-order valence-electron chi connectivity index (χ1n) is 10.7. The van der Waals surface area contributed by atoms with E-state index in [4.69, 9.17) is 0 Å². The lowest BCUT2D eigenvalue weighted by Crippen LogP contribution is -2.55. The van der Waals surface area contributed by atoms with Gasteiger partial charge in [0.2, 0.25) is 11.8 Å². The van der Waals surface area contributed by atoms with Crippen LogP contribution in [0, 0.1) is 41.2 Å². The van der Waals surface area contributed by atoms with E-state index in [1.54, 1.807) is 4.90 Å². The molecule has 4 aliphatic rings. The number of allylic oxidation sites excluding steroid dienone is 2. The van der Waals surface area contributed by atoms with Gasteiger partial charge in [0.15, 0.2) is 11.6 Å². The van der Waals surface area contributed by atoms with E-state index >= 15 is 0 Å². The van der Waals surface area contributed by atoms with Crippen LogP contribution in [0.1, 0.15) is 31.2 Å². The highest BCUT2D eigenvalue weighted by Crippen LogP contribution is 2.44. The van der Waals surface area contributed by atoms with Crippen LogP contribution in [0.15, 0.2) is 30.4 Å². The lowest BCUT2D eigenvalue weighted by Gasteiger charge is -2.39. The monoisotopic (exact) mass is 400 g/mol. The van der Waals surface area contributed by atoms with Gasteiger partial charge in [-0.25, -0.2) is 8.78 Å². The molecular weight excluding hydrogens is 374 g/mol. The number of hydrogen-bond acceptors (Lipinski definition) is 2. The van der Waals surface area contributed by atoms with Gasteiger partial charge in [0.25, 0.3) is 0 Å². The fourth-order valence-corrected chi connectivity index (χ4v) is 5.98. The van der Waals surface area contributed by atoms with Gasteiger partial charge in [-0.1, -0.05) is 24.3 Å². The molecule has 2 saturated carbocycles. The second-order valence-electron chi connectivity index (χ2n) is 9.21. The Labute approximate surface area is 169 Å². The van der Waals surface area contributed by atoms with Crippen molar-refractivity contribution in [3.63, 3.8) is 0 Å². The van der Waals surface area contributed by atoms with Crippen LogP contribution in [0.25, 0.3) is 0 Å². The Bertz CT molecular complexity index is 856. The van der Waals surface area contributed by atoms with Gasteiger partial charge in [-0.2, -0.15) is 0 Å². The van der Waals surface area contributed by atoms with Crippen LogP contribution in [-0.4, -0.2) is 35.8 Å². The van der Waals surface area contributed by atoms with Crippen LogP contribution in [0.4, 0.5) is 8.78 Å². The normalized spacial score (nSPS) is 34.6. The van der Waals surface area contributed by atoms with Crippen molar-refractivity contribution in [1.82, 2.24) is 10.2 Å². The SMILES string of the molecule is O=C(NC1[C@@H]2CC[C@H]1CN(C(=O)Cc1cccc(F)c1F)C2)[C@@H]1C[C@@H]2C=C[C@H]1C2. The van der Waals surface area contributed by atoms with Crippen molar-refractivity contribution < 1.29 is 18.4 Å². The molecule has 154 valence electrons. The van der Waals surface area contributed by atoms with Crippen LogP contribution < -0.4 is 5.32 Å². The van der Waals surface area contributed by atoms with Crippen molar-refractivity contribution in [3.8, 4) is 0 Å². The number of nitrogens with zero attached hydrogens (tertiary/aromatic N) is 1. The zero-order valence-electron chi connectivity index (χ0n) is 16.3. The van der Waals surface area contributed by atoms with Gasteiger partial charge >= 0.3 is 0 Å². The third kappa shape index (κ3) is 3.36. The Morgan fingerprint density at radius 3 is 2.48 bits per heavy atom. The summed E-state index contributed by atoms with van der Waals surface area (Å²) in [6.07, 6.45) is 8.35. The number of piperidine rings is 1. The van der Waals surface area contributed by atoms with Gasteiger partial charge in [0.05, 0.1) is 6.42 Å². The first kappa shape index (κ1) is 18.8. The molecule has 1 aromatic rings. The van der Waals surface area contributed by atoms with E-state index in [0.29, 0.717) is 24.9 Å². The van der Waals surface area contributed by atoms with Gasteiger partial charge in [0.1, 0.15) is 0 Å². The summed E-state index contributed by atoms with van der Waals surface area (Å²) >= 11 is 0. The second kappa shape index (κ2) is 7.22. The van der Waals surface area contributed by atoms with Crippen molar-refractivity contribution >= 4 is 11.8 Å². The smallest absolute Gasteiger partial charge is 0.227 e. The van der Waals surface area contributed by atoms with Gasteiger partial charge in [0, 0.05) is 30.6 Å². The number of halogens is 2. The maximum absolute atomic E-state index is 13.9. The standard InChI is InChI=1S/C23H26F2N2O2/c24-19-3-1-2-15(21(19)25)10-20(28)27-11-16-6-7-17(12-27)22(16)26-23(29)18-9-13-4-5-14(18)8-13/h1-5,13-14,16-18,22H,6-12H2,(H,26,29)/t13-,14+,16-,17+,18-,22?/m1/s1. The van der Waals surface area contributed by atoms with Crippen LogP contribution in [-0.2, 0) is 16.0 Å². The molecule has 1 aromatic carbocycles. The number of hydrogen-bond donors (Lipinski definition) is 1. The summed E-state index contributed by atoms with van der Waals surface area (Å²) in [6.45, 7) is 1.15. The summed E-state index contributed by atoms with van der Waals surface area (Å²) in [6, 6.07) is 4.07. The van der Waals surface area contributed by atoms with Crippen molar-refractivity contribution in [3.05, 3.63) is 47.5 Å². The molecule has 1 aliphatic heterocycles. The highest BCUT2D eigenvalue weighted by Gasteiger charge is 2.46. The summed E-state index contributed by atoms with van der Waals surface area (Å²) in [5.74, 6) is -0.324. The Morgan fingerprint density at radius 2 is 1.83 bits per heavy atom. The molecule has 0 aromatic heterocycles. The fourth-order valence-electron chi connectivity index (χ4n) is 5.98. The van der Waals surface area contributed by atoms with E-state index < -0.39 is 11.6 Å². The molecule has 0 spiro atoms. The van der Waals surface area contributed by atoms with Crippen LogP contribution in [0.3, 0.4) is 0 Å². The van der Waals surface area contributed by atoms with Crippen molar-refractivity contribution in [2.45, 2.75) is 38.1 Å². The predicted octanol–water partition coefficient (Wildman–Crippen LogP) is 3.07. The average Bonchev–Trinajstić information content (AvgIpc) is 3.39. The Morgan fingerprint density at radius 1 is 1.07 bits per heavy atom. The van der Waals surface area contributed by atoms with E-state index in [1.807, 2.05) is 0 Å².